The molecule has 1 aliphatic carbocycles. The van der Waals surface area contributed by atoms with Crippen molar-refractivity contribution >= 4 is 17.8 Å². The van der Waals surface area contributed by atoms with E-state index in [-0.39, 0.29) is 11.5 Å². The summed E-state index contributed by atoms with van der Waals surface area (Å²) in [4.78, 5) is 19.8. The van der Waals surface area contributed by atoms with Crippen molar-refractivity contribution in [1.29, 1.82) is 0 Å². The number of rotatable bonds is 7. The van der Waals surface area contributed by atoms with Gasteiger partial charge >= 0.3 is 6.18 Å². The molecule has 1 unspecified atom stereocenters. The molecule has 0 radical (unpaired) electrons. The van der Waals surface area contributed by atoms with E-state index in [0.29, 0.717) is 18.5 Å². The predicted octanol–water partition coefficient (Wildman–Crippen LogP) is 2.04. The lowest BCUT2D eigenvalue weighted by molar-refractivity contribution is -0.235. The molecule has 2 aliphatic rings. The van der Waals surface area contributed by atoms with Gasteiger partial charge in [0.05, 0.1) is 5.70 Å². The lowest BCUT2D eigenvalue weighted by atomic mass is 10.1. The number of carbonyl (C=O) groups is 1. The van der Waals surface area contributed by atoms with Crippen LogP contribution in [0.25, 0.3) is 5.70 Å². The number of nitrogens with one attached hydrogen (secondary N) is 3. The Morgan fingerprint density at radius 3 is 2.53 bits per heavy atom. The molecule has 1 aliphatic heterocycles. The van der Waals surface area contributed by atoms with Crippen LogP contribution in [0.3, 0.4) is 0 Å². The van der Waals surface area contributed by atoms with Crippen molar-refractivity contribution < 1.29 is 31.8 Å². The van der Waals surface area contributed by atoms with E-state index in [1.807, 2.05) is 0 Å². The van der Waals surface area contributed by atoms with Crippen molar-refractivity contribution in [2.24, 2.45) is 4.99 Å². The second-order valence-electron chi connectivity index (χ2n) is 7.37. The van der Waals surface area contributed by atoms with Gasteiger partial charge in [0.1, 0.15) is 11.8 Å². The van der Waals surface area contributed by atoms with E-state index >= 15 is 0 Å². The van der Waals surface area contributed by atoms with Gasteiger partial charge in [-0.25, -0.2) is 14.8 Å². The van der Waals surface area contributed by atoms with Crippen molar-refractivity contribution in [3.63, 3.8) is 0 Å². The molecule has 3 N–H and O–H groups in total. The van der Waals surface area contributed by atoms with Crippen LogP contribution >= 0.6 is 0 Å². The highest BCUT2D eigenvalue weighted by Crippen LogP contribution is 2.38. The maximum Gasteiger partial charge on any atom is 0.427 e. The molecule has 30 heavy (non-hydrogen) atoms. The van der Waals surface area contributed by atoms with Gasteiger partial charge < -0.3 is 14.8 Å². The van der Waals surface area contributed by atoms with E-state index in [4.69, 9.17) is 9.47 Å². The first-order valence-corrected chi connectivity index (χ1v) is 9.01. The number of hydrogen-bond acceptors (Lipinski definition) is 7. The van der Waals surface area contributed by atoms with Gasteiger partial charge in [-0.1, -0.05) is 0 Å². The highest BCUT2D eigenvalue weighted by atomic mass is 19.4. The van der Waals surface area contributed by atoms with Crippen molar-refractivity contribution in [2.45, 2.75) is 50.2 Å². The van der Waals surface area contributed by atoms with Gasteiger partial charge in [0.25, 0.3) is 11.8 Å². The Bertz CT molecular complexity index is 881. The van der Waals surface area contributed by atoms with Crippen molar-refractivity contribution in [3.05, 3.63) is 29.8 Å². The Morgan fingerprint density at radius 2 is 2.03 bits per heavy atom. The van der Waals surface area contributed by atoms with E-state index in [9.17, 15) is 22.4 Å². The summed E-state index contributed by atoms with van der Waals surface area (Å²) in [6.07, 6.45) is 0.0942. The van der Waals surface area contributed by atoms with E-state index < -0.39 is 35.2 Å². The van der Waals surface area contributed by atoms with Crippen LogP contribution in [0.2, 0.25) is 0 Å². The molecular weight excluding hydrogens is 410 g/mol. The highest BCUT2D eigenvalue weighted by molar-refractivity contribution is 5.88. The van der Waals surface area contributed by atoms with Crippen molar-refractivity contribution in [2.75, 3.05) is 7.11 Å². The number of ether oxygens (including phenoxy) is 2. The Hall–Kier alpha value is -2.73. The van der Waals surface area contributed by atoms with Crippen LogP contribution in [0.1, 0.15) is 32.3 Å². The quantitative estimate of drug-likeness (QED) is 0.452. The third-order valence-electron chi connectivity index (χ3n) is 4.75. The fourth-order valence-electron chi connectivity index (χ4n) is 2.48. The minimum absolute atomic E-state index is 0.229. The lowest BCUT2D eigenvalue weighted by Gasteiger charge is -2.28. The number of hydrazine groups is 1. The maximum absolute atomic E-state index is 14.2. The zero-order chi connectivity index (χ0) is 22.2. The molecule has 1 atom stereocenters. The second-order valence-corrected chi connectivity index (χ2v) is 7.37. The van der Waals surface area contributed by atoms with Crippen LogP contribution in [0.4, 0.5) is 17.6 Å². The van der Waals surface area contributed by atoms with Gasteiger partial charge in [-0.3, -0.25) is 15.2 Å². The van der Waals surface area contributed by atoms with Crippen LogP contribution in [-0.4, -0.2) is 47.8 Å². The van der Waals surface area contributed by atoms with E-state index in [2.05, 4.69) is 26.1 Å². The fraction of sp³-hybridized carbons (Fsp3) is 0.500. The van der Waals surface area contributed by atoms with Crippen LogP contribution in [-0.2, 0) is 9.53 Å². The van der Waals surface area contributed by atoms with E-state index in [1.54, 1.807) is 0 Å². The largest absolute Gasteiger partial charge is 0.460 e. The molecule has 0 spiro atoms. The number of pyridine rings is 1. The molecule has 1 saturated carbocycles. The Morgan fingerprint density at radius 1 is 1.33 bits per heavy atom. The van der Waals surface area contributed by atoms with Gasteiger partial charge in [-0.2, -0.15) is 13.2 Å². The first kappa shape index (κ1) is 22.0. The van der Waals surface area contributed by atoms with Crippen LogP contribution in [0.5, 0.6) is 5.88 Å². The summed E-state index contributed by atoms with van der Waals surface area (Å²) >= 11 is 0. The van der Waals surface area contributed by atoms with Crippen molar-refractivity contribution in [3.8, 4) is 5.88 Å². The molecule has 1 aromatic rings. The smallest absolute Gasteiger partial charge is 0.427 e. The zero-order valence-electron chi connectivity index (χ0n) is 16.4. The fourth-order valence-corrected chi connectivity index (χ4v) is 2.48. The van der Waals surface area contributed by atoms with Gasteiger partial charge in [0, 0.05) is 31.3 Å². The van der Waals surface area contributed by atoms with Gasteiger partial charge in [0.15, 0.2) is 11.4 Å². The predicted molar refractivity (Wildman–Crippen MR) is 98.6 cm³/mol. The summed E-state index contributed by atoms with van der Waals surface area (Å²) < 4.78 is 62.8. The molecular formula is C18H21F4N5O3. The van der Waals surface area contributed by atoms with Crippen LogP contribution in [0, 0.1) is 5.82 Å². The molecule has 0 bridgehead atoms. The van der Waals surface area contributed by atoms with Crippen LogP contribution in [0.15, 0.2) is 23.5 Å². The number of aliphatic imine (C=N–C) groups is 1. The molecule has 8 nitrogen and oxygen atoms in total. The number of alkyl halides is 3. The maximum atomic E-state index is 14.2. The lowest BCUT2D eigenvalue weighted by Crippen LogP contribution is -2.54. The molecule has 2 heterocycles. The Kier molecular flexibility index (Phi) is 5.74. The summed E-state index contributed by atoms with van der Waals surface area (Å²) in [5.74, 6) is -2.11. The average Bonchev–Trinajstić information content (AvgIpc) is 3.48. The summed E-state index contributed by atoms with van der Waals surface area (Å²) in [6.45, 7) is 1.56. The number of methoxy groups -OCH3 is 1. The molecule has 0 aromatic carbocycles. The Labute approximate surface area is 169 Å². The summed E-state index contributed by atoms with van der Waals surface area (Å²) in [5, 5.41) is 2.90. The third kappa shape index (κ3) is 4.54. The summed E-state index contributed by atoms with van der Waals surface area (Å²) in [7, 11) is 1.47. The number of carbonyl (C=O) groups excluding carboxylic acids is 1. The van der Waals surface area contributed by atoms with Gasteiger partial charge in [0.2, 0.25) is 0 Å². The van der Waals surface area contributed by atoms with Crippen molar-refractivity contribution in [1.82, 2.24) is 21.2 Å². The average molecular weight is 431 g/mol. The highest BCUT2D eigenvalue weighted by Gasteiger charge is 2.51. The second kappa shape index (κ2) is 7.84. The van der Waals surface area contributed by atoms with Gasteiger partial charge in [-0.15, -0.1) is 0 Å². The molecule has 164 valence electrons. The Balaban J connectivity index is 1.59. The standard InChI is InChI=1S/C18H21F4N5O3/c1-16(2,18(20,21)22)30-14-11(19)6-10(7-25-14)12-8-24-13(9-23-12)26-27-15(28)17(29-3)4-5-17/h6-9,13,24,26H,4-5H2,1-3H3,(H,27,28). The monoisotopic (exact) mass is 431 g/mol. The number of halogens is 4. The summed E-state index contributed by atoms with van der Waals surface area (Å²) in [5.41, 5.74) is 2.41. The molecule has 1 fully saturated rings. The first-order chi connectivity index (χ1) is 14.0. The molecule has 12 heteroatoms. The van der Waals surface area contributed by atoms with E-state index in [0.717, 1.165) is 26.1 Å². The number of amides is 1. The molecule has 1 aromatic heterocycles. The van der Waals surface area contributed by atoms with Gasteiger partial charge in [-0.05, 0) is 32.8 Å². The third-order valence-corrected chi connectivity index (χ3v) is 4.75. The molecule has 0 saturated heterocycles. The minimum atomic E-state index is -4.69. The number of nitrogens with zero attached hydrogens (tertiary/aromatic N) is 2. The molecule has 3 rings (SSSR count). The SMILES string of the molecule is COC1(C(=O)NNC2C=NC(c3cnc(OC(C)(C)C(F)(F)F)c(F)c3)=CN2)CC1. The molecule has 1 amide bonds. The normalized spacial score (nSPS) is 20.2. The zero-order valence-corrected chi connectivity index (χ0v) is 16.4. The number of hydrogen-bond donors (Lipinski definition) is 3. The first-order valence-electron chi connectivity index (χ1n) is 9.01. The minimum Gasteiger partial charge on any atom is -0.460 e. The summed E-state index contributed by atoms with van der Waals surface area (Å²) in [6, 6.07) is 0.977. The number of aromatic nitrogens is 1. The van der Waals surface area contributed by atoms with E-state index in [1.165, 1.54) is 19.5 Å². The van der Waals surface area contributed by atoms with Crippen LogP contribution < -0.4 is 20.9 Å². The topological polar surface area (TPSA) is 96.9 Å².